The van der Waals surface area contributed by atoms with Crippen molar-refractivity contribution in [3.8, 4) is 0 Å². The fraction of sp³-hybridized carbons (Fsp3) is 0.385. The zero-order chi connectivity index (χ0) is 13.5. The SMILES string of the molecule is COC(=O)N(C)C(C)CC(=O)Nc1ccccc1. The number of benzene rings is 1. The maximum Gasteiger partial charge on any atom is 0.409 e. The number of amides is 2. The van der Waals surface area contributed by atoms with Gasteiger partial charge in [-0.3, -0.25) is 4.79 Å². The summed E-state index contributed by atoms with van der Waals surface area (Å²) in [6.07, 6.45) is -0.226. The number of anilines is 1. The Morgan fingerprint density at radius 1 is 1.33 bits per heavy atom. The highest BCUT2D eigenvalue weighted by atomic mass is 16.5. The number of carbonyl (C=O) groups is 2. The molecule has 1 rings (SSSR count). The van der Waals surface area contributed by atoms with Gasteiger partial charge in [-0.25, -0.2) is 4.79 Å². The maximum absolute atomic E-state index is 11.7. The summed E-state index contributed by atoms with van der Waals surface area (Å²) >= 11 is 0. The number of rotatable bonds is 4. The Morgan fingerprint density at radius 2 is 1.94 bits per heavy atom. The fourth-order valence-electron chi connectivity index (χ4n) is 1.46. The van der Waals surface area contributed by atoms with E-state index in [1.54, 1.807) is 14.0 Å². The normalized spacial score (nSPS) is 11.5. The van der Waals surface area contributed by atoms with E-state index in [1.165, 1.54) is 12.0 Å². The van der Waals surface area contributed by atoms with Crippen LogP contribution in [-0.2, 0) is 9.53 Å². The molecular formula is C13H18N2O3. The first-order chi connectivity index (χ1) is 8.54. The van der Waals surface area contributed by atoms with Crippen molar-refractivity contribution in [2.24, 2.45) is 0 Å². The Hall–Kier alpha value is -2.04. The number of carbonyl (C=O) groups excluding carboxylic acids is 2. The van der Waals surface area contributed by atoms with Gasteiger partial charge in [-0.15, -0.1) is 0 Å². The summed E-state index contributed by atoms with van der Waals surface area (Å²) in [7, 11) is 2.92. The molecule has 0 radical (unpaired) electrons. The van der Waals surface area contributed by atoms with Gasteiger partial charge in [0.2, 0.25) is 5.91 Å². The molecule has 18 heavy (non-hydrogen) atoms. The Balaban J connectivity index is 2.47. The van der Waals surface area contributed by atoms with Crippen molar-refractivity contribution in [3.63, 3.8) is 0 Å². The molecular weight excluding hydrogens is 232 g/mol. The number of nitrogens with zero attached hydrogens (tertiary/aromatic N) is 1. The molecule has 0 bridgehead atoms. The second kappa shape index (κ2) is 6.64. The number of para-hydroxylation sites is 1. The molecule has 0 aliphatic rings. The van der Waals surface area contributed by atoms with E-state index in [2.05, 4.69) is 10.1 Å². The highest BCUT2D eigenvalue weighted by molar-refractivity contribution is 5.91. The molecule has 1 atom stereocenters. The molecule has 1 unspecified atom stereocenters. The molecule has 0 heterocycles. The van der Waals surface area contributed by atoms with Gasteiger partial charge in [0.15, 0.2) is 0 Å². The molecule has 5 heteroatoms. The monoisotopic (exact) mass is 250 g/mol. The number of hydrogen-bond acceptors (Lipinski definition) is 3. The second-order valence-electron chi connectivity index (χ2n) is 4.05. The van der Waals surface area contributed by atoms with Crippen molar-refractivity contribution >= 4 is 17.7 Å². The minimum atomic E-state index is -0.449. The zero-order valence-corrected chi connectivity index (χ0v) is 10.8. The molecule has 1 aromatic carbocycles. The Kier molecular flexibility index (Phi) is 5.17. The predicted octanol–water partition coefficient (Wildman–Crippen LogP) is 2.10. The van der Waals surface area contributed by atoms with Gasteiger partial charge in [-0.2, -0.15) is 0 Å². The van der Waals surface area contributed by atoms with Gasteiger partial charge in [0.05, 0.1) is 7.11 Å². The first-order valence-electron chi connectivity index (χ1n) is 5.70. The van der Waals surface area contributed by atoms with Gasteiger partial charge >= 0.3 is 6.09 Å². The van der Waals surface area contributed by atoms with Crippen molar-refractivity contribution < 1.29 is 14.3 Å². The van der Waals surface area contributed by atoms with Gasteiger partial charge in [-0.1, -0.05) is 18.2 Å². The van der Waals surface area contributed by atoms with Crippen LogP contribution in [0.5, 0.6) is 0 Å². The molecule has 0 saturated carbocycles. The molecule has 0 aliphatic heterocycles. The van der Waals surface area contributed by atoms with Crippen LogP contribution >= 0.6 is 0 Å². The maximum atomic E-state index is 11.7. The van der Waals surface area contributed by atoms with Gasteiger partial charge < -0.3 is 15.0 Å². The van der Waals surface area contributed by atoms with Crippen LogP contribution in [-0.4, -0.2) is 37.1 Å². The molecule has 5 nitrogen and oxygen atoms in total. The molecule has 98 valence electrons. The molecule has 0 aromatic heterocycles. The van der Waals surface area contributed by atoms with Crippen molar-refractivity contribution in [2.45, 2.75) is 19.4 Å². The summed E-state index contributed by atoms with van der Waals surface area (Å²) in [6.45, 7) is 1.79. The summed E-state index contributed by atoms with van der Waals surface area (Å²) in [6, 6.07) is 8.98. The molecule has 0 fully saturated rings. The van der Waals surface area contributed by atoms with Gasteiger partial charge in [0.25, 0.3) is 0 Å². The van der Waals surface area contributed by atoms with Crippen molar-refractivity contribution in [1.82, 2.24) is 4.90 Å². The lowest BCUT2D eigenvalue weighted by Crippen LogP contribution is -2.37. The van der Waals surface area contributed by atoms with E-state index in [9.17, 15) is 9.59 Å². The quantitative estimate of drug-likeness (QED) is 0.890. The van der Waals surface area contributed by atoms with E-state index in [4.69, 9.17) is 0 Å². The van der Waals surface area contributed by atoms with Gasteiger partial charge in [0.1, 0.15) is 0 Å². The highest BCUT2D eigenvalue weighted by Gasteiger charge is 2.18. The lowest BCUT2D eigenvalue weighted by Gasteiger charge is -2.22. The number of nitrogens with one attached hydrogen (secondary N) is 1. The van der Waals surface area contributed by atoms with Crippen LogP contribution in [0.3, 0.4) is 0 Å². The molecule has 1 N–H and O–H groups in total. The molecule has 0 aliphatic carbocycles. The van der Waals surface area contributed by atoms with Crippen molar-refractivity contribution in [2.75, 3.05) is 19.5 Å². The summed E-state index contributed by atoms with van der Waals surface area (Å²) < 4.78 is 4.59. The van der Waals surface area contributed by atoms with Crippen LogP contribution in [0.1, 0.15) is 13.3 Å². The van der Waals surface area contributed by atoms with Crippen LogP contribution in [0.2, 0.25) is 0 Å². The first kappa shape index (κ1) is 14.0. The lowest BCUT2D eigenvalue weighted by atomic mass is 10.2. The molecule has 2 amide bonds. The minimum Gasteiger partial charge on any atom is -0.453 e. The average molecular weight is 250 g/mol. The number of hydrogen-bond donors (Lipinski definition) is 1. The summed E-state index contributed by atoms with van der Waals surface area (Å²) in [5, 5.41) is 2.77. The van der Waals surface area contributed by atoms with Crippen LogP contribution in [0, 0.1) is 0 Å². The van der Waals surface area contributed by atoms with Gasteiger partial charge in [-0.05, 0) is 19.1 Å². The second-order valence-corrected chi connectivity index (χ2v) is 4.05. The number of ether oxygens (including phenoxy) is 1. The average Bonchev–Trinajstić information content (AvgIpc) is 2.37. The topological polar surface area (TPSA) is 58.6 Å². The Morgan fingerprint density at radius 3 is 2.50 bits per heavy atom. The fourth-order valence-corrected chi connectivity index (χ4v) is 1.46. The molecule has 1 aromatic rings. The third kappa shape index (κ3) is 4.08. The number of methoxy groups -OCH3 is 1. The standard InChI is InChI=1S/C13H18N2O3/c1-10(15(2)13(17)18-3)9-12(16)14-11-7-5-4-6-8-11/h4-8,10H,9H2,1-3H3,(H,14,16). The summed E-state index contributed by atoms with van der Waals surface area (Å²) in [4.78, 5) is 24.4. The third-order valence-corrected chi connectivity index (χ3v) is 2.66. The van der Waals surface area contributed by atoms with Crippen LogP contribution < -0.4 is 5.32 Å². The lowest BCUT2D eigenvalue weighted by molar-refractivity contribution is -0.117. The Labute approximate surface area is 107 Å². The van der Waals surface area contributed by atoms with E-state index < -0.39 is 6.09 Å². The smallest absolute Gasteiger partial charge is 0.409 e. The van der Waals surface area contributed by atoms with E-state index in [-0.39, 0.29) is 18.4 Å². The summed E-state index contributed by atoms with van der Waals surface area (Å²) in [5.74, 6) is -0.135. The van der Waals surface area contributed by atoms with Gasteiger partial charge in [0, 0.05) is 25.2 Å². The van der Waals surface area contributed by atoms with Crippen molar-refractivity contribution in [3.05, 3.63) is 30.3 Å². The van der Waals surface area contributed by atoms with E-state index in [0.717, 1.165) is 5.69 Å². The summed E-state index contributed by atoms with van der Waals surface area (Å²) in [5.41, 5.74) is 0.746. The van der Waals surface area contributed by atoms with E-state index >= 15 is 0 Å². The predicted molar refractivity (Wildman–Crippen MR) is 69.3 cm³/mol. The third-order valence-electron chi connectivity index (χ3n) is 2.66. The first-order valence-corrected chi connectivity index (χ1v) is 5.70. The largest absolute Gasteiger partial charge is 0.453 e. The van der Waals surface area contributed by atoms with E-state index in [1.807, 2.05) is 30.3 Å². The van der Waals surface area contributed by atoms with Crippen LogP contribution in [0.4, 0.5) is 10.5 Å². The van der Waals surface area contributed by atoms with Crippen LogP contribution in [0.15, 0.2) is 30.3 Å². The van der Waals surface area contributed by atoms with Crippen LogP contribution in [0.25, 0.3) is 0 Å². The highest BCUT2D eigenvalue weighted by Crippen LogP contribution is 2.08. The molecule has 0 saturated heterocycles. The Bertz CT molecular complexity index is 406. The zero-order valence-electron chi connectivity index (χ0n) is 10.8. The molecule has 0 spiro atoms. The van der Waals surface area contributed by atoms with Crippen molar-refractivity contribution in [1.29, 1.82) is 0 Å². The van der Waals surface area contributed by atoms with E-state index in [0.29, 0.717) is 0 Å². The minimum absolute atomic E-state index is 0.135.